The Morgan fingerprint density at radius 3 is 2.35 bits per heavy atom. The monoisotopic (exact) mass is 388 g/mol. The van der Waals surface area contributed by atoms with E-state index in [4.69, 9.17) is 0 Å². The first-order valence-electron chi connectivity index (χ1n) is 7.27. The number of benzene rings is 2. The van der Waals surface area contributed by atoms with E-state index in [1.165, 1.54) is 37.4 Å². The zero-order valence-electron chi connectivity index (χ0n) is 13.5. The van der Waals surface area contributed by atoms with Gasteiger partial charge in [0.2, 0.25) is 10.0 Å². The predicted molar refractivity (Wildman–Crippen MR) is 87.0 cm³/mol. The summed E-state index contributed by atoms with van der Waals surface area (Å²) >= 11 is 0. The van der Waals surface area contributed by atoms with Crippen LogP contribution in [0.5, 0.6) is 5.75 Å². The highest BCUT2D eigenvalue weighted by molar-refractivity contribution is 7.89. The summed E-state index contributed by atoms with van der Waals surface area (Å²) in [6.45, 7) is 0.0483. The van der Waals surface area contributed by atoms with Crippen LogP contribution in [-0.2, 0) is 16.6 Å². The van der Waals surface area contributed by atoms with Crippen LogP contribution < -0.4 is 14.8 Å². The molecule has 26 heavy (non-hydrogen) atoms. The Bertz CT molecular complexity index is 881. The first-order valence-corrected chi connectivity index (χ1v) is 8.75. The summed E-state index contributed by atoms with van der Waals surface area (Å²) in [5, 5.41) is 2.56. The molecule has 0 aliphatic rings. The molecule has 0 unspecified atom stereocenters. The Morgan fingerprint density at radius 2 is 1.77 bits per heavy atom. The fraction of sp³-hybridized carbons (Fsp3) is 0.188. The van der Waals surface area contributed by atoms with Crippen molar-refractivity contribution in [2.45, 2.75) is 17.8 Å². The van der Waals surface area contributed by atoms with Gasteiger partial charge in [-0.25, -0.2) is 13.1 Å². The summed E-state index contributed by atoms with van der Waals surface area (Å²) in [6, 6.07) is 10.4. The van der Waals surface area contributed by atoms with Crippen molar-refractivity contribution in [3.63, 3.8) is 0 Å². The lowest BCUT2D eigenvalue weighted by Gasteiger charge is -2.10. The van der Waals surface area contributed by atoms with Gasteiger partial charge < -0.3 is 10.1 Å². The first kappa shape index (κ1) is 19.7. The molecule has 10 heteroatoms. The van der Waals surface area contributed by atoms with Crippen molar-refractivity contribution in [1.29, 1.82) is 0 Å². The molecule has 0 aliphatic heterocycles. The highest BCUT2D eigenvalue weighted by atomic mass is 32.2. The van der Waals surface area contributed by atoms with Crippen LogP contribution in [0.15, 0.2) is 53.4 Å². The van der Waals surface area contributed by atoms with Crippen LogP contribution in [0.25, 0.3) is 0 Å². The zero-order chi connectivity index (χ0) is 19.4. The van der Waals surface area contributed by atoms with Gasteiger partial charge in [0, 0.05) is 12.1 Å². The summed E-state index contributed by atoms with van der Waals surface area (Å²) in [6.07, 6.45) is -4.80. The van der Waals surface area contributed by atoms with E-state index >= 15 is 0 Å². The van der Waals surface area contributed by atoms with Crippen molar-refractivity contribution in [1.82, 2.24) is 10.0 Å². The Morgan fingerprint density at radius 1 is 1.12 bits per heavy atom. The van der Waals surface area contributed by atoms with E-state index in [9.17, 15) is 26.4 Å². The third kappa shape index (κ3) is 5.46. The molecule has 2 N–H and O–H groups in total. The van der Waals surface area contributed by atoms with Crippen molar-refractivity contribution < 1.29 is 31.1 Å². The SMILES string of the molecule is CNS(=O)(=O)c1cccc(CNC(=O)c2ccc(OC(F)(F)F)cc2)c1. The fourth-order valence-corrected chi connectivity index (χ4v) is 2.83. The van der Waals surface area contributed by atoms with Gasteiger partial charge in [0.15, 0.2) is 0 Å². The van der Waals surface area contributed by atoms with Gasteiger partial charge in [0.05, 0.1) is 4.90 Å². The number of hydrogen-bond donors (Lipinski definition) is 2. The number of ether oxygens (including phenoxy) is 1. The summed E-state index contributed by atoms with van der Waals surface area (Å²) in [4.78, 5) is 12.1. The summed E-state index contributed by atoms with van der Waals surface area (Å²) < 4.78 is 65.7. The normalized spacial score (nSPS) is 11.8. The molecule has 2 rings (SSSR count). The quantitative estimate of drug-likeness (QED) is 0.796. The molecular weight excluding hydrogens is 373 g/mol. The third-order valence-electron chi connectivity index (χ3n) is 3.28. The number of amides is 1. The molecule has 2 aromatic carbocycles. The average molecular weight is 388 g/mol. The van der Waals surface area contributed by atoms with Gasteiger partial charge in [-0.05, 0) is 49.0 Å². The molecule has 0 saturated heterocycles. The second kappa shape index (κ2) is 7.75. The second-order valence-corrected chi connectivity index (χ2v) is 7.00. The molecule has 0 radical (unpaired) electrons. The lowest BCUT2D eigenvalue weighted by atomic mass is 10.2. The van der Waals surface area contributed by atoms with Gasteiger partial charge in [0.25, 0.3) is 5.91 Å². The van der Waals surface area contributed by atoms with Crippen molar-refractivity contribution in [2.75, 3.05) is 7.05 Å². The topological polar surface area (TPSA) is 84.5 Å². The van der Waals surface area contributed by atoms with Gasteiger partial charge in [-0.1, -0.05) is 12.1 Å². The van der Waals surface area contributed by atoms with Crippen LogP contribution in [0.2, 0.25) is 0 Å². The number of rotatable bonds is 6. The molecule has 140 valence electrons. The van der Waals surface area contributed by atoms with Crippen molar-refractivity contribution >= 4 is 15.9 Å². The van der Waals surface area contributed by atoms with E-state index < -0.39 is 28.0 Å². The molecule has 2 aromatic rings. The average Bonchev–Trinajstić information content (AvgIpc) is 2.59. The highest BCUT2D eigenvalue weighted by Crippen LogP contribution is 2.22. The molecule has 0 saturated carbocycles. The molecule has 0 aliphatic carbocycles. The van der Waals surface area contributed by atoms with Crippen LogP contribution in [0, 0.1) is 0 Å². The number of alkyl halides is 3. The number of halogens is 3. The minimum Gasteiger partial charge on any atom is -0.406 e. The van der Waals surface area contributed by atoms with Gasteiger partial charge in [-0.2, -0.15) is 0 Å². The van der Waals surface area contributed by atoms with E-state index in [1.807, 2.05) is 0 Å². The van der Waals surface area contributed by atoms with Crippen LogP contribution in [-0.4, -0.2) is 27.7 Å². The zero-order valence-corrected chi connectivity index (χ0v) is 14.3. The van der Waals surface area contributed by atoms with Crippen LogP contribution in [0.1, 0.15) is 15.9 Å². The number of nitrogens with one attached hydrogen (secondary N) is 2. The molecule has 0 spiro atoms. The second-order valence-electron chi connectivity index (χ2n) is 5.11. The van der Waals surface area contributed by atoms with Crippen molar-refractivity contribution in [3.05, 3.63) is 59.7 Å². The Balaban J connectivity index is 2.02. The first-order chi connectivity index (χ1) is 12.1. The van der Waals surface area contributed by atoms with Crippen LogP contribution in [0.3, 0.4) is 0 Å². The van der Waals surface area contributed by atoms with E-state index in [0.29, 0.717) is 5.56 Å². The third-order valence-corrected chi connectivity index (χ3v) is 4.69. The molecule has 0 bridgehead atoms. The minimum absolute atomic E-state index is 0.0483. The standard InChI is InChI=1S/C16H15F3N2O4S/c1-20-26(23,24)14-4-2-3-11(9-14)10-21-15(22)12-5-7-13(8-6-12)25-16(17,18)19/h2-9,20H,10H2,1H3,(H,21,22). The minimum atomic E-state index is -4.80. The van der Waals surface area contributed by atoms with E-state index in [-0.39, 0.29) is 17.0 Å². The highest BCUT2D eigenvalue weighted by Gasteiger charge is 2.31. The maximum absolute atomic E-state index is 12.1. The molecule has 6 nitrogen and oxygen atoms in total. The van der Waals surface area contributed by atoms with Gasteiger partial charge in [0.1, 0.15) is 5.75 Å². The van der Waals surface area contributed by atoms with Crippen molar-refractivity contribution in [2.24, 2.45) is 0 Å². The number of sulfonamides is 1. The van der Waals surface area contributed by atoms with E-state index in [1.54, 1.807) is 6.07 Å². The van der Waals surface area contributed by atoms with E-state index in [0.717, 1.165) is 12.1 Å². The van der Waals surface area contributed by atoms with Crippen molar-refractivity contribution in [3.8, 4) is 5.75 Å². The maximum atomic E-state index is 12.1. The van der Waals surface area contributed by atoms with Gasteiger partial charge in [-0.15, -0.1) is 13.2 Å². The lowest BCUT2D eigenvalue weighted by molar-refractivity contribution is -0.274. The molecule has 0 aromatic heterocycles. The molecule has 0 heterocycles. The van der Waals surface area contributed by atoms with Gasteiger partial charge >= 0.3 is 6.36 Å². The largest absolute Gasteiger partial charge is 0.573 e. The fourth-order valence-electron chi connectivity index (χ4n) is 2.03. The molecule has 1 amide bonds. The molecular formula is C16H15F3N2O4S. The number of carbonyl (C=O) groups excluding carboxylic acids is 1. The Labute approximate surface area is 148 Å². The maximum Gasteiger partial charge on any atom is 0.573 e. The smallest absolute Gasteiger partial charge is 0.406 e. The lowest BCUT2D eigenvalue weighted by Crippen LogP contribution is -2.23. The van der Waals surface area contributed by atoms with Gasteiger partial charge in [-0.3, -0.25) is 4.79 Å². The molecule has 0 fully saturated rings. The Hall–Kier alpha value is -2.59. The number of hydrogen-bond acceptors (Lipinski definition) is 4. The van der Waals surface area contributed by atoms with Crippen LogP contribution in [0.4, 0.5) is 13.2 Å². The summed E-state index contributed by atoms with van der Waals surface area (Å²) in [5.41, 5.74) is 0.685. The predicted octanol–water partition coefficient (Wildman–Crippen LogP) is 2.42. The summed E-state index contributed by atoms with van der Waals surface area (Å²) in [7, 11) is -2.31. The Kier molecular flexibility index (Phi) is 5.88. The van der Waals surface area contributed by atoms with E-state index in [2.05, 4.69) is 14.8 Å². The summed E-state index contributed by atoms with van der Waals surface area (Å²) in [5.74, 6) is -0.954. The van der Waals surface area contributed by atoms with Crippen LogP contribution >= 0.6 is 0 Å². The molecule has 0 atom stereocenters. The number of carbonyl (C=O) groups is 1.